The quantitative estimate of drug-likeness (QED) is 0.581. The van der Waals surface area contributed by atoms with Gasteiger partial charge in [-0.25, -0.2) is 0 Å². The smallest absolute Gasteiger partial charge is 0.234 e. The van der Waals surface area contributed by atoms with Crippen LogP contribution >= 0.6 is 0 Å². The molecular formula is C11H23N3O2. The van der Waals surface area contributed by atoms with E-state index in [0.29, 0.717) is 19.7 Å². The Bertz CT molecular complexity index is 215. The number of rotatable bonds is 7. The molecule has 16 heavy (non-hydrogen) atoms. The van der Waals surface area contributed by atoms with E-state index >= 15 is 0 Å². The molecule has 0 aliphatic carbocycles. The van der Waals surface area contributed by atoms with Gasteiger partial charge in [-0.2, -0.15) is 0 Å². The van der Waals surface area contributed by atoms with Crippen LogP contribution in [-0.2, 0) is 9.53 Å². The Morgan fingerprint density at radius 1 is 1.56 bits per heavy atom. The van der Waals surface area contributed by atoms with Crippen LogP contribution in [0.15, 0.2) is 0 Å². The lowest BCUT2D eigenvalue weighted by molar-refractivity contribution is -0.123. The lowest BCUT2D eigenvalue weighted by atomic mass is 10.1. The van der Waals surface area contributed by atoms with Crippen LogP contribution in [-0.4, -0.2) is 55.7 Å². The summed E-state index contributed by atoms with van der Waals surface area (Å²) in [6.45, 7) is 7.54. The third-order valence-electron chi connectivity index (χ3n) is 2.45. The third kappa shape index (κ3) is 5.44. The molecule has 1 saturated heterocycles. The molecule has 1 heterocycles. The highest BCUT2D eigenvalue weighted by atomic mass is 16.5. The van der Waals surface area contributed by atoms with Gasteiger partial charge in [0.15, 0.2) is 0 Å². The van der Waals surface area contributed by atoms with Crippen molar-refractivity contribution in [2.45, 2.75) is 32.4 Å². The Balaban J connectivity index is 1.90. The molecule has 0 aromatic rings. The number of amides is 1. The average Bonchev–Trinajstić information content (AvgIpc) is 2.14. The second-order valence-electron chi connectivity index (χ2n) is 4.58. The molecule has 1 aliphatic rings. The second-order valence-corrected chi connectivity index (χ2v) is 4.58. The number of likely N-dealkylation sites (tertiary alicyclic amines) is 1. The van der Waals surface area contributed by atoms with Crippen molar-refractivity contribution < 1.29 is 9.53 Å². The molecule has 0 bridgehead atoms. The Morgan fingerprint density at radius 2 is 2.25 bits per heavy atom. The molecule has 5 heteroatoms. The van der Waals surface area contributed by atoms with E-state index in [0.717, 1.165) is 19.5 Å². The first-order valence-corrected chi connectivity index (χ1v) is 5.94. The van der Waals surface area contributed by atoms with Gasteiger partial charge in [0, 0.05) is 32.3 Å². The monoisotopic (exact) mass is 229 g/mol. The summed E-state index contributed by atoms with van der Waals surface area (Å²) < 4.78 is 5.37. The molecular weight excluding hydrogens is 206 g/mol. The van der Waals surface area contributed by atoms with Gasteiger partial charge >= 0.3 is 0 Å². The molecule has 0 unspecified atom stereocenters. The number of hydrogen-bond acceptors (Lipinski definition) is 4. The number of carbonyl (C=O) groups excluding carboxylic acids is 1. The van der Waals surface area contributed by atoms with Crippen LogP contribution in [0.2, 0.25) is 0 Å². The summed E-state index contributed by atoms with van der Waals surface area (Å²) in [5.41, 5.74) is 5.62. The predicted octanol–water partition coefficient (Wildman–Crippen LogP) is -0.439. The number of nitrogens with zero attached hydrogens (tertiary/aromatic N) is 1. The summed E-state index contributed by atoms with van der Waals surface area (Å²) in [7, 11) is 0. The number of ether oxygens (including phenoxy) is 1. The Hall–Kier alpha value is -0.650. The minimum Gasteiger partial charge on any atom is -0.379 e. The fraction of sp³-hybridized carbons (Fsp3) is 0.909. The van der Waals surface area contributed by atoms with Crippen molar-refractivity contribution in [1.29, 1.82) is 0 Å². The Labute approximate surface area is 97.3 Å². The Morgan fingerprint density at radius 3 is 2.81 bits per heavy atom. The van der Waals surface area contributed by atoms with Crippen LogP contribution in [0.1, 0.15) is 20.3 Å². The van der Waals surface area contributed by atoms with Crippen molar-refractivity contribution in [3.8, 4) is 0 Å². The molecule has 0 saturated carbocycles. The number of nitrogens with two attached hydrogens (primary N) is 1. The Kier molecular flexibility index (Phi) is 5.73. The maximum Gasteiger partial charge on any atom is 0.234 e. The fourth-order valence-corrected chi connectivity index (χ4v) is 1.62. The zero-order valence-corrected chi connectivity index (χ0v) is 10.2. The topological polar surface area (TPSA) is 67.6 Å². The van der Waals surface area contributed by atoms with Crippen LogP contribution in [0.4, 0.5) is 0 Å². The molecule has 94 valence electrons. The van der Waals surface area contributed by atoms with Crippen molar-refractivity contribution in [1.82, 2.24) is 10.2 Å². The van der Waals surface area contributed by atoms with Gasteiger partial charge in [-0.05, 0) is 20.3 Å². The van der Waals surface area contributed by atoms with Crippen LogP contribution in [0.5, 0.6) is 0 Å². The lowest BCUT2D eigenvalue weighted by Gasteiger charge is -2.36. The van der Waals surface area contributed by atoms with Gasteiger partial charge in [-0.15, -0.1) is 0 Å². The highest BCUT2D eigenvalue weighted by molar-refractivity contribution is 5.78. The van der Waals surface area contributed by atoms with Crippen molar-refractivity contribution in [3.05, 3.63) is 0 Å². The van der Waals surface area contributed by atoms with Crippen LogP contribution in [0.3, 0.4) is 0 Å². The summed E-state index contributed by atoms with van der Waals surface area (Å²) in [5.74, 6) is 0.0800. The maximum absolute atomic E-state index is 11.4. The van der Waals surface area contributed by atoms with E-state index in [1.54, 1.807) is 0 Å². The van der Waals surface area contributed by atoms with Gasteiger partial charge in [0.05, 0.1) is 12.6 Å². The lowest BCUT2D eigenvalue weighted by Crippen LogP contribution is -2.57. The number of carbonyl (C=O) groups is 1. The minimum atomic E-state index is 0.0800. The van der Waals surface area contributed by atoms with E-state index in [-0.39, 0.29) is 18.1 Å². The number of hydrogen-bond donors (Lipinski definition) is 2. The SMILES string of the molecule is CC(C)OCCCNC(=O)CN1CC(N)C1. The van der Waals surface area contributed by atoms with E-state index in [9.17, 15) is 4.79 Å². The molecule has 0 aromatic heterocycles. The molecule has 1 rings (SSSR count). The first-order valence-electron chi connectivity index (χ1n) is 5.94. The molecule has 1 aliphatic heterocycles. The van der Waals surface area contributed by atoms with Crippen LogP contribution in [0.25, 0.3) is 0 Å². The van der Waals surface area contributed by atoms with Gasteiger partial charge in [-0.3, -0.25) is 9.69 Å². The van der Waals surface area contributed by atoms with Gasteiger partial charge in [0.25, 0.3) is 0 Å². The number of nitrogens with one attached hydrogen (secondary N) is 1. The highest BCUT2D eigenvalue weighted by Gasteiger charge is 2.24. The molecule has 0 atom stereocenters. The van der Waals surface area contributed by atoms with E-state index < -0.39 is 0 Å². The van der Waals surface area contributed by atoms with E-state index in [2.05, 4.69) is 5.32 Å². The van der Waals surface area contributed by atoms with Gasteiger partial charge in [0.2, 0.25) is 5.91 Å². The summed E-state index contributed by atoms with van der Waals surface area (Å²) in [5, 5.41) is 2.87. The molecule has 1 fully saturated rings. The first-order chi connectivity index (χ1) is 7.58. The second kappa shape index (κ2) is 6.83. The van der Waals surface area contributed by atoms with Gasteiger partial charge < -0.3 is 15.8 Å². The van der Waals surface area contributed by atoms with E-state index in [1.165, 1.54) is 0 Å². The highest BCUT2D eigenvalue weighted by Crippen LogP contribution is 2.03. The van der Waals surface area contributed by atoms with Crippen molar-refractivity contribution in [2.24, 2.45) is 5.73 Å². The molecule has 5 nitrogen and oxygen atoms in total. The van der Waals surface area contributed by atoms with E-state index in [1.807, 2.05) is 18.7 Å². The van der Waals surface area contributed by atoms with Crippen LogP contribution < -0.4 is 11.1 Å². The minimum absolute atomic E-state index is 0.0800. The molecule has 0 spiro atoms. The molecule has 1 amide bonds. The zero-order valence-electron chi connectivity index (χ0n) is 10.2. The summed E-state index contributed by atoms with van der Waals surface area (Å²) >= 11 is 0. The normalized spacial score (nSPS) is 17.5. The van der Waals surface area contributed by atoms with Crippen molar-refractivity contribution in [3.63, 3.8) is 0 Å². The largest absolute Gasteiger partial charge is 0.379 e. The van der Waals surface area contributed by atoms with Crippen LogP contribution in [0, 0.1) is 0 Å². The fourth-order valence-electron chi connectivity index (χ4n) is 1.62. The summed E-state index contributed by atoms with van der Waals surface area (Å²) in [6, 6.07) is 0.257. The van der Waals surface area contributed by atoms with E-state index in [4.69, 9.17) is 10.5 Å². The third-order valence-corrected chi connectivity index (χ3v) is 2.45. The van der Waals surface area contributed by atoms with Gasteiger partial charge in [0.1, 0.15) is 0 Å². The summed E-state index contributed by atoms with van der Waals surface area (Å²) in [6.07, 6.45) is 1.13. The van der Waals surface area contributed by atoms with Crippen molar-refractivity contribution in [2.75, 3.05) is 32.8 Å². The molecule has 3 N–H and O–H groups in total. The van der Waals surface area contributed by atoms with Crippen molar-refractivity contribution >= 4 is 5.91 Å². The molecule has 0 radical (unpaired) electrons. The zero-order chi connectivity index (χ0) is 12.0. The molecule has 0 aromatic carbocycles. The summed E-state index contributed by atoms with van der Waals surface area (Å²) in [4.78, 5) is 13.5. The standard InChI is InChI=1S/C11H23N3O2/c1-9(2)16-5-3-4-13-11(15)8-14-6-10(12)7-14/h9-10H,3-8,12H2,1-2H3,(H,13,15). The predicted molar refractivity (Wildman–Crippen MR) is 63.1 cm³/mol. The average molecular weight is 229 g/mol. The first kappa shape index (κ1) is 13.4. The maximum atomic E-state index is 11.4. The van der Waals surface area contributed by atoms with Gasteiger partial charge in [-0.1, -0.05) is 0 Å².